The molecule has 2 amide bonds. The van der Waals surface area contributed by atoms with Crippen LogP contribution in [0.4, 0.5) is 0 Å². The number of carbonyl (C=O) groups excluding carboxylic acids is 3. The largest absolute Gasteiger partial charge is 0.551 e. The molecule has 0 bridgehead atoms. The highest BCUT2D eigenvalue weighted by Gasteiger charge is 2.41. The Morgan fingerprint density at radius 3 is 2.44 bits per heavy atom. The van der Waals surface area contributed by atoms with Gasteiger partial charge in [0, 0.05) is 18.2 Å². The van der Waals surface area contributed by atoms with Gasteiger partial charge in [-0.3, -0.25) is 19.3 Å². The van der Waals surface area contributed by atoms with Gasteiger partial charge in [0.15, 0.2) is 0 Å². The molecule has 1 aliphatic heterocycles. The number of aliphatic hydroxyl groups excluding tert-OH is 1. The summed E-state index contributed by atoms with van der Waals surface area (Å²) in [5.41, 5.74) is 1.56. The van der Waals surface area contributed by atoms with Crippen LogP contribution in [0.1, 0.15) is 51.5 Å². The highest BCUT2D eigenvalue weighted by molar-refractivity contribution is 6.49. The van der Waals surface area contributed by atoms with E-state index in [4.69, 9.17) is 9.31 Å². The molecule has 11 heteroatoms. The molecule has 2 aromatic rings. The van der Waals surface area contributed by atoms with Gasteiger partial charge in [0.05, 0.1) is 17.7 Å². The lowest BCUT2D eigenvalue weighted by Crippen LogP contribution is -2.60. The topological polar surface area (TPSA) is 130 Å². The van der Waals surface area contributed by atoms with Gasteiger partial charge in [0.25, 0.3) is 5.91 Å². The monoisotopic (exact) mass is 538 g/mol. The molecule has 0 unspecified atom stereocenters. The lowest BCUT2D eigenvalue weighted by molar-refractivity contribution is -0.144. The van der Waals surface area contributed by atoms with Crippen molar-refractivity contribution in [2.24, 2.45) is 5.92 Å². The second kappa shape index (κ2) is 13.7. The van der Waals surface area contributed by atoms with Gasteiger partial charge in [-0.15, -0.1) is 0 Å². The third-order valence-corrected chi connectivity index (χ3v) is 6.87. The molecule has 1 aromatic heterocycles. The number of aliphatic hydroxyl groups is 1. The summed E-state index contributed by atoms with van der Waals surface area (Å²) < 4.78 is 11.6. The van der Waals surface area contributed by atoms with Crippen LogP contribution < -0.4 is 10.6 Å². The third-order valence-electron chi connectivity index (χ3n) is 6.87. The van der Waals surface area contributed by atoms with Crippen molar-refractivity contribution in [3.63, 3.8) is 0 Å². The molecule has 0 saturated carbocycles. The molecule has 1 fully saturated rings. The van der Waals surface area contributed by atoms with Crippen LogP contribution in [0.25, 0.3) is 11.3 Å². The minimum absolute atomic E-state index is 0.0469. The Kier molecular flexibility index (Phi) is 10.6. The van der Waals surface area contributed by atoms with Crippen LogP contribution in [0.2, 0.25) is 0 Å². The molecule has 0 spiro atoms. The second-order valence-electron chi connectivity index (χ2n) is 10.5. The Hall–Kier alpha value is -3.28. The van der Waals surface area contributed by atoms with Gasteiger partial charge in [0.1, 0.15) is 17.8 Å². The van der Waals surface area contributed by atoms with Crippen LogP contribution in [-0.4, -0.2) is 83.7 Å². The molecule has 0 radical (unpaired) electrons. The molecule has 5 atom stereocenters. The highest BCUT2D eigenvalue weighted by atomic mass is 16.6. The Labute approximate surface area is 230 Å². The molecule has 39 heavy (non-hydrogen) atoms. The van der Waals surface area contributed by atoms with E-state index >= 15 is 0 Å². The van der Waals surface area contributed by atoms with E-state index in [0.29, 0.717) is 18.7 Å². The summed E-state index contributed by atoms with van der Waals surface area (Å²) in [6.07, 6.45) is -0.760. The van der Waals surface area contributed by atoms with Gasteiger partial charge in [-0.2, -0.15) is 0 Å². The van der Waals surface area contributed by atoms with Gasteiger partial charge in [0.2, 0.25) is 5.91 Å². The minimum Gasteiger partial charge on any atom is -0.507 e. The van der Waals surface area contributed by atoms with E-state index in [9.17, 15) is 19.5 Å². The van der Waals surface area contributed by atoms with E-state index in [0.717, 1.165) is 5.56 Å². The summed E-state index contributed by atoms with van der Waals surface area (Å²) in [4.78, 5) is 45.5. The van der Waals surface area contributed by atoms with Crippen LogP contribution in [0.3, 0.4) is 0 Å². The first-order valence-electron chi connectivity index (χ1n) is 13.3. The number of aromatic nitrogens is 1. The van der Waals surface area contributed by atoms with E-state index in [1.54, 1.807) is 25.1 Å². The van der Waals surface area contributed by atoms with Crippen LogP contribution >= 0.6 is 0 Å². The van der Waals surface area contributed by atoms with Crippen molar-refractivity contribution in [2.45, 2.75) is 71.2 Å². The molecule has 1 saturated heterocycles. The number of nitrogens with zero attached hydrogens (tertiary/aromatic N) is 2. The van der Waals surface area contributed by atoms with Crippen molar-refractivity contribution in [1.82, 2.24) is 20.5 Å². The van der Waals surface area contributed by atoms with E-state index in [1.807, 2.05) is 63.1 Å². The third kappa shape index (κ3) is 8.11. The second-order valence-corrected chi connectivity index (χ2v) is 10.5. The Balaban J connectivity index is 1.76. The van der Waals surface area contributed by atoms with Crippen molar-refractivity contribution in [2.75, 3.05) is 13.7 Å². The van der Waals surface area contributed by atoms with Gasteiger partial charge in [-0.1, -0.05) is 50.2 Å². The zero-order valence-corrected chi connectivity index (χ0v) is 23.5. The molecular formula is C28H39BN4O6. The van der Waals surface area contributed by atoms with E-state index in [1.165, 1.54) is 6.92 Å². The number of amides is 2. The lowest BCUT2D eigenvalue weighted by atomic mass is 9.73. The molecule has 3 rings (SSSR count). The Bertz CT molecular complexity index is 1130. The highest BCUT2D eigenvalue weighted by Crippen LogP contribution is 2.18. The fourth-order valence-electron chi connectivity index (χ4n) is 4.31. The number of hydrogen-bond donors (Lipinski definition) is 3. The number of pyridine rings is 1. The number of hydrogen-bond acceptors (Lipinski definition) is 8. The molecule has 10 nitrogen and oxygen atoms in total. The number of rotatable bonds is 9. The molecule has 1 aromatic carbocycles. The van der Waals surface area contributed by atoms with Crippen LogP contribution in [0, 0.1) is 5.92 Å². The quantitative estimate of drug-likeness (QED) is 0.414. The minimum atomic E-state index is -1.28. The SMILES string of the molecule is CC(C)C[C@H](NC(=O)[C@@H](NC(=O)c1cccc(-c2ccccc2)n1)[C@@H](C)O)B1OC[C@@H](C)N(C)[C@H](C)C(=O)O1. The summed E-state index contributed by atoms with van der Waals surface area (Å²) in [7, 11) is 0.811. The van der Waals surface area contributed by atoms with E-state index in [-0.39, 0.29) is 17.7 Å². The summed E-state index contributed by atoms with van der Waals surface area (Å²) in [5.74, 6) is -2.24. The van der Waals surface area contributed by atoms with Crippen molar-refractivity contribution >= 4 is 24.9 Å². The van der Waals surface area contributed by atoms with Crippen LogP contribution in [-0.2, 0) is 18.9 Å². The smallest absolute Gasteiger partial charge is 0.507 e. The number of likely N-dealkylation sites (N-methyl/N-ethyl adjacent to an activating group) is 1. The average Bonchev–Trinajstić information content (AvgIpc) is 2.91. The first-order chi connectivity index (χ1) is 18.5. The van der Waals surface area contributed by atoms with Gasteiger partial charge >= 0.3 is 13.1 Å². The zero-order chi connectivity index (χ0) is 28.7. The molecule has 2 heterocycles. The summed E-state index contributed by atoms with van der Waals surface area (Å²) >= 11 is 0. The van der Waals surface area contributed by atoms with Crippen molar-refractivity contribution < 1.29 is 28.8 Å². The maximum atomic E-state index is 13.4. The number of nitrogens with one attached hydrogen (secondary N) is 2. The zero-order valence-electron chi connectivity index (χ0n) is 23.5. The Morgan fingerprint density at radius 2 is 1.79 bits per heavy atom. The molecule has 0 aliphatic carbocycles. The maximum absolute atomic E-state index is 13.4. The van der Waals surface area contributed by atoms with Gasteiger partial charge in [-0.25, -0.2) is 4.98 Å². The molecular weight excluding hydrogens is 499 g/mol. The van der Waals surface area contributed by atoms with E-state index in [2.05, 4.69) is 15.6 Å². The number of carbonyl (C=O) groups is 3. The first kappa shape index (κ1) is 30.3. The fourth-order valence-corrected chi connectivity index (χ4v) is 4.31. The van der Waals surface area contributed by atoms with Gasteiger partial charge < -0.3 is 25.0 Å². The lowest BCUT2D eigenvalue weighted by Gasteiger charge is -2.36. The maximum Gasteiger partial charge on any atom is 0.551 e. The number of benzene rings is 1. The predicted octanol–water partition coefficient (Wildman–Crippen LogP) is 2.07. The van der Waals surface area contributed by atoms with Crippen molar-refractivity contribution in [1.29, 1.82) is 0 Å². The van der Waals surface area contributed by atoms with E-state index < -0.39 is 49.0 Å². The van der Waals surface area contributed by atoms with Crippen LogP contribution in [0.15, 0.2) is 48.5 Å². The molecule has 210 valence electrons. The fraction of sp³-hybridized carbons (Fsp3) is 0.500. The summed E-state index contributed by atoms with van der Waals surface area (Å²) in [6, 6.07) is 12.6. The standard InChI is InChI=1S/C28H39BN4O6/c1-17(2)15-24(29-38-16-18(3)33(6)19(4)28(37)39-29)31-27(36)25(20(5)34)32-26(35)23-14-10-13-22(30-23)21-11-8-7-9-12-21/h7-14,17-20,24-25,34H,15-16H2,1-6H3,(H,31,36)(H,32,35)/t18-,19-,20-,24+,25+/m1/s1. The first-order valence-corrected chi connectivity index (χ1v) is 13.3. The average molecular weight is 538 g/mol. The molecule has 1 aliphatic rings. The predicted molar refractivity (Wildman–Crippen MR) is 148 cm³/mol. The van der Waals surface area contributed by atoms with Crippen LogP contribution in [0.5, 0.6) is 0 Å². The summed E-state index contributed by atoms with van der Waals surface area (Å²) in [6.45, 7) is 9.37. The van der Waals surface area contributed by atoms with Crippen molar-refractivity contribution in [3.8, 4) is 11.3 Å². The Morgan fingerprint density at radius 1 is 1.10 bits per heavy atom. The van der Waals surface area contributed by atoms with Gasteiger partial charge in [-0.05, 0) is 52.3 Å². The molecule has 3 N–H and O–H groups in total. The normalized spacial score (nSPS) is 20.8. The van der Waals surface area contributed by atoms with Crippen molar-refractivity contribution in [3.05, 3.63) is 54.2 Å². The summed E-state index contributed by atoms with van der Waals surface area (Å²) in [5, 5.41) is 15.9.